The minimum Gasteiger partial charge on any atom is -0.462 e. The molecule has 270 valence electrons. The van der Waals surface area contributed by atoms with E-state index in [2.05, 4.69) is 55.9 Å². The van der Waals surface area contributed by atoms with Crippen LogP contribution < -0.4 is 0 Å². The molecular formula is C36H54O12. The fraction of sp³-hybridized carbons (Fsp3) is 0.500. The monoisotopic (exact) mass is 678 g/mol. The topological polar surface area (TPSA) is 158 Å². The Kier molecular flexibility index (Phi) is 27.2. The molecule has 0 bridgehead atoms. The smallest absolute Gasteiger partial charge is 0.333 e. The van der Waals surface area contributed by atoms with Crippen molar-refractivity contribution in [3.8, 4) is 0 Å². The summed E-state index contributed by atoms with van der Waals surface area (Å²) >= 11 is 0. The van der Waals surface area contributed by atoms with Crippen molar-refractivity contribution in [3.05, 3.63) is 74.9 Å². The molecule has 0 aliphatic heterocycles. The second kappa shape index (κ2) is 27.4. The van der Waals surface area contributed by atoms with Crippen molar-refractivity contribution >= 4 is 35.8 Å². The first kappa shape index (κ1) is 47.7. The Morgan fingerprint density at radius 2 is 0.896 bits per heavy atom. The highest BCUT2D eigenvalue weighted by molar-refractivity contribution is 5.87. The summed E-state index contributed by atoms with van der Waals surface area (Å²) in [5.74, 6) is -2.86. The number of carbonyl (C=O) groups excluding carboxylic acids is 6. The van der Waals surface area contributed by atoms with E-state index in [-0.39, 0.29) is 45.1 Å². The van der Waals surface area contributed by atoms with Crippen LogP contribution in [0, 0.1) is 10.8 Å². The fourth-order valence-corrected chi connectivity index (χ4v) is 2.90. The molecule has 0 atom stereocenters. The van der Waals surface area contributed by atoms with E-state index in [1.165, 1.54) is 0 Å². The van der Waals surface area contributed by atoms with Crippen LogP contribution in [0.15, 0.2) is 74.9 Å². The van der Waals surface area contributed by atoms with Gasteiger partial charge in [-0.05, 0) is 26.7 Å². The number of rotatable bonds is 21. The number of ether oxygens (including phenoxy) is 6. The van der Waals surface area contributed by atoms with Gasteiger partial charge in [-0.3, -0.25) is 0 Å². The van der Waals surface area contributed by atoms with Gasteiger partial charge in [-0.25, -0.2) is 28.8 Å². The predicted molar refractivity (Wildman–Crippen MR) is 182 cm³/mol. The molecule has 0 unspecified atom stereocenters. The Labute approximate surface area is 285 Å². The van der Waals surface area contributed by atoms with Crippen LogP contribution in [0.4, 0.5) is 0 Å². The maximum atomic E-state index is 11.6. The third-order valence-corrected chi connectivity index (χ3v) is 5.98. The van der Waals surface area contributed by atoms with Gasteiger partial charge >= 0.3 is 35.8 Å². The van der Waals surface area contributed by atoms with Gasteiger partial charge in [-0.1, -0.05) is 80.0 Å². The van der Waals surface area contributed by atoms with Crippen molar-refractivity contribution in [2.45, 2.75) is 67.2 Å². The van der Waals surface area contributed by atoms with E-state index in [9.17, 15) is 28.8 Å². The molecule has 0 rings (SSSR count). The largest absolute Gasteiger partial charge is 0.462 e. The summed E-state index contributed by atoms with van der Waals surface area (Å²) in [4.78, 5) is 65.6. The summed E-state index contributed by atoms with van der Waals surface area (Å²) in [5.41, 5.74) is -0.0207. The average Bonchev–Trinajstić information content (AvgIpc) is 3.07. The third kappa shape index (κ3) is 26.5. The van der Waals surface area contributed by atoms with Crippen LogP contribution in [0.2, 0.25) is 0 Å². The highest BCUT2D eigenvalue weighted by Crippen LogP contribution is 2.30. The highest BCUT2D eigenvalue weighted by atomic mass is 16.6. The number of unbranched alkanes of at least 4 members (excludes halogenated alkanes) is 1. The van der Waals surface area contributed by atoms with Crippen LogP contribution in [-0.2, 0) is 57.2 Å². The van der Waals surface area contributed by atoms with Crippen molar-refractivity contribution in [2.75, 3.05) is 39.6 Å². The number of esters is 6. The van der Waals surface area contributed by atoms with Crippen LogP contribution in [0.1, 0.15) is 67.2 Å². The quantitative estimate of drug-likeness (QED) is 0.0630. The Balaban J connectivity index is -0.000000662. The SMILES string of the molecule is C=C(C)C(=O)OCC(CC)(CCCC)COC(=O)C(=C)C.C=CC(=O)OCC(C)(C)COC(=O)C=C.C=CC(=O)OCCOC(=O)C=C. The predicted octanol–water partition coefficient (Wildman–Crippen LogP) is 5.73. The lowest BCUT2D eigenvalue weighted by Crippen LogP contribution is -2.34. The summed E-state index contributed by atoms with van der Waals surface area (Å²) in [7, 11) is 0. The zero-order chi connectivity index (χ0) is 37.8. The second-order valence-electron chi connectivity index (χ2n) is 11.2. The van der Waals surface area contributed by atoms with Crippen molar-refractivity contribution in [1.29, 1.82) is 0 Å². The molecular weight excluding hydrogens is 624 g/mol. The molecule has 0 saturated carbocycles. The molecule has 0 aromatic rings. The zero-order valence-electron chi connectivity index (χ0n) is 29.5. The van der Waals surface area contributed by atoms with Gasteiger partial charge in [-0.2, -0.15) is 0 Å². The van der Waals surface area contributed by atoms with Gasteiger partial charge < -0.3 is 28.4 Å². The molecule has 0 radical (unpaired) electrons. The summed E-state index contributed by atoms with van der Waals surface area (Å²) in [5, 5.41) is 0. The molecule has 0 N–H and O–H groups in total. The van der Waals surface area contributed by atoms with Crippen LogP contribution in [0.3, 0.4) is 0 Å². The lowest BCUT2D eigenvalue weighted by molar-refractivity contribution is -0.150. The van der Waals surface area contributed by atoms with Gasteiger partial charge in [0.1, 0.15) is 26.4 Å². The molecule has 0 spiro atoms. The van der Waals surface area contributed by atoms with Crippen LogP contribution in [-0.4, -0.2) is 75.5 Å². The van der Waals surface area contributed by atoms with E-state index in [4.69, 9.17) is 18.9 Å². The molecule has 48 heavy (non-hydrogen) atoms. The molecule has 0 saturated heterocycles. The lowest BCUT2D eigenvalue weighted by atomic mass is 9.81. The lowest BCUT2D eigenvalue weighted by Gasteiger charge is -2.31. The Bertz CT molecular complexity index is 1050. The van der Waals surface area contributed by atoms with E-state index in [1.807, 2.05) is 20.8 Å². The fourth-order valence-electron chi connectivity index (χ4n) is 2.90. The van der Waals surface area contributed by atoms with Crippen molar-refractivity contribution in [2.24, 2.45) is 10.8 Å². The molecule has 12 heteroatoms. The molecule has 0 aliphatic carbocycles. The Hall–Kier alpha value is -4.74. The van der Waals surface area contributed by atoms with Gasteiger partial charge in [0.2, 0.25) is 0 Å². The molecule has 0 aromatic heterocycles. The van der Waals surface area contributed by atoms with Gasteiger partial charge in [0.05, 0.1) is 13.2 Å². The average molecular weight is 679 g/mol. The molecule has 0 heterocycles. The normalized spacial score (nSPS) is 10.0. The van der Waals surface area contributed by atoms with Gasteiger partial charge in [0, 0.05) is 46.3 Å². The van der Waals surface area contributed by atoms with Gasteiger partial charge in [-0.15, -0.1) is 0 Å². The second-order valence-corrected chi connectivity index (χ2v) is 11.2. The van der Waals surface area contributed by atoms with E-state index in [0.29, 0.717) is 11.1 Å². The molecule has 12 nitrogen and oxygen atoms in total. The molecule has 0 amide bonds. The molecule has 0 aromatic carbocycles. The van der Waals surface area contributed by atoms with Crippen molar-refractivity contribution in [1.82, 2.24) is 0 Å². The molecule has 0 fully saturated rings. The van der Waals surface area contributed by atoms with E-state index < -0.39 is 41.2 Å². The minimum absolute atomic E-state index is 0.0322. The summed E-state index contributed by atoms with van der Waals surface area (Å²) in [6, 6.07) is 0. The molecule has 0 aliphatic rings. The van der Waals surface area contributed by atoms with E-state index >= 15 is 0 Å². The van der Waals surface area contributed by atoms with E-state index in [1.54, 1.807) is 13.8 Å². The summed E-state index contributed by atoms with van der Waals surface area (Å²) in [6.45, 7) is 31.9. The third-order valence-electron chi connectivity index (χ3n) is 5.98. The summed E-state index contributed by atoms with van der Waals surface area (Å²) in [6.07, 6.45) is 7.88. The Morgan fingerprint density at radius 1 is 0.562 bits per heavy atom. The van der Waals surface area contributed by atoms with E-state index in [0.717, 1.165) is 50.0 Å². The highest BCUT2D eigenvalue weighted by Gasteiger charge is 2.31. The van der Waals surface area contributed by atoms with Gasteiger partial charge in [0.15, 0.2) is 0 Å². The standard InChI is InChI=1S/C17H28O4.C11H16O4.C8H10O4/c1-7-9-10-17(8-2,11-20-15(18)13(3)4)12-21-16(19)14(5)6;1-5-9(12)14-7-11(3,4)8-15-10(13)6-2;1-3-7(9)11-5-6-12-8(10)4-2/h3,5,7-12H2,1-2,4,6H3;5-6H,1-2,7-8H2,3-4H3;3-4H,1-2,5-6H2. The summed E-state index contributed by atoms with van der Waals surface area (Å²) < 4.78 is 29.3. The van der Waals surface area contributed by atoms with Crippen LogP contribution in [0.25, 0.3) is 0 Å². The number of hydrogen-bond acceptors (Lipinski definition) is 12. The number of carbonyl (C=O) groups is 6. The number of hydrogen-bond donors (Lipinski definition) is 0. The van der Waals surface area contributed by atoms with Crippen molar-refractivity contribution in [3.63, 3.8) is 0 Å². The minimum atomic E-state index is -0.537. The maximum absolute atomic E-state index is 11.6. The first-order chi connectivity index (χ1) is 22.4. The van der Waals surface area contributed by atoms with Crippen molar-refractivity contribution < 1.29 is 57.2 Å². The van der Waals surface area contributed by atoms with Crippen LogP contribution >= 0.6 is 0 Å². The first-order valence-corrected chi connectivity index (χ1v) is 15.2. The zero-order valence-corrected chi connectivity index (χ0v) is 29.5. The van der Waals surface area contributed by atoms with Gasteiger partial charge in [0.25, 0.3) is 0 Å². The Morgan fingerprint density at radius 3 is 1.17 bits per heavy atom. The first-order valence-electron chi connectivity index (χ1n) is 15.2. The van der Waals surface area contributed by atoms with Crippen LogP contribution in [0.5, 0.6) is 0 Å². The maximum Gasteiger partial charge on any atom is 0.333 e.